The summed E-state index contributed by atoms with van der Waals surface area (Å²) in [4.78, 5) is 0. The Morgan fingerprint density at radius 1 is 0.372 bits per heavy atom. The van der Waals surface area contributed by atoms with E-state index in [4.69, 9.17) is 0 Å². The van der Waals surface area contributed by atoms with E-state index in [0.717, 1.165) is 21.7 Å². The number of fused-ring (bicyclic) bond motifs is 2. The number of hydrogen-bond donors (Lipinski definition) is 0. The van der Waals surface area contributed by atoms with Crippen molar-refractivity contribution >= 4 is 82.4 Å². The zero-order valence-corrected chi connectivity index (χ0v) is 24.6. The smallest absolute Gasteiger partial charge is 0.140 e. The van der Waals surface area contributed by atoms with Crippen LogP contribution in [0.2, 0.25) is 0 Å². The summed E-state index contributed by atoms with van der Waals surface area (Å²) >= 11 is 0. The minimum atomic E-state index is -2.68. The summed E-state index contributed by atoms with van der Waals surface area (Å²) in [6, 6.07) is 52.1. The van der Waals surface area contributed by atoms with Crippen molar-refractivity contribution < 1.29 is 4.57 Å². The Bertz CT molecular complexity index is 2570. The lowest BCUT2D eigenvalue weighted by atomic mass is 9.86. The zero-order valence-electron chi connectivity index (χ0n) is 23.7. The van der Waals surface area contributed by atoms with Crippen LogP contribution in [0.5, 0.6) is 0 Å². The predicted molar refractivity (Wildman–Crippen MR) is 187 cm³/mol. The van der Waals surface area contributed by atoms with Crippen molar-refractivity contribution in [1.82, 2.24) is 0 Å². The molecule has 1 atom stereocenters. The molecule has 0 aromatic heterocycles. The van der Waals surface area contributed by atoms with Crippen LogP contribution >= 0.6 is 7.14 Å². The Labute approximate surface area is 249 Å². The van der Waals surface area contributed by atoms with Gasteiger partial charge in [-0.25, -0.2) is 0 Å². The normalized spacial score (nSPS) is 13.5. The lowest BCUT2D eigenvalue weighted by Gasteiger charge is -2.17. The number of benzene rings is 8. The van der Waals surface area contributed by atoms with Crippen LogP contribution in [0.15, 0.2) is 146 Å². The first kappa shape index (κ1) is 24.6. The highest BCUT2D eigenvalue weighted by Gasteiger charge is 2.21. The first-order valence-electron chi connectivity index (χ1n) is 14.8. The fourth-order valence-electron chi connectivity index (χ4n) is 7.25. The quantitative estimate of drug-likeness (QED) is 0.154. The average molecular weight is 567 g/mol. The minimum Gasteiger partial charge on any atom is -0.314 e. The molecule has 0 aliphatic rings. The van der Waals surface area contributed by atoms with Crippen molar-refractivity contribution in [3.8, 4) is 11.1 Å². The van der Waals surface area contributed by atoms with Gasteiger partial charge < -0.3 is 4.57 Å². The fraction of sp³-hybridized carbons (Fsp3) is 0.0244. The monoisotopic (exact) mass is 566 g/mol. The molecule has 2 heteroatoms. The third-order valence-corrected chi connectivity index (χ3v) is 11.9. The maximum atomic E-state index is 13.8. The Hall–Kier alpha value is -4.97. The molecular formula is C41H27OP. The maximum Gasteiger partial charge on any atom is 0.140 e. The predicted octanol–water partition coefficient (Wildman–Crippen LogP) is 10.7. The summed E-state index contributed by atoms with van der Waals surface area (Å²) in [5.41, 5.74) is 2.28. The third kappa shape index (κ3) is 3.56. The van der Waals surface area contributed by atoms with Gasteiger partial charge in [0, 0.05) is 10.6 Å². The Morgan fingerprint density at radius 2 is 0.837 bits per heavy atom. The molecule has 0 amide bonds. The summed E-state index contributed by atoms with van der Waals surface area (Å²) in [7, 11) is -2.68. The largest absolute Gasteiger partial charge is 0.314 e. The zero-order chi connectivity index (χ0) is 28.7. The van der Waals surface area contributed by atoms with Gasteiger partial charge in [-0.2, -0.15) is 0 Å². The first-order chi connectivity index (χ1) is 21.1. The molecule has 0 spiro atoms. The summed E-state index contributed by atoms with van der Waals surface area (Å²) in [6.07, 6.45) is 0. The van der Waals surface area contributed by atoms with E-state index < -0.39 is 7.14 Å². The summed E-state index contributed by atoms with van der Waals surface area (Å²) < 4.78 is 13.8. The molecule has 0 bridgehead atoms. The molecule has 0 radical (unpaired) electrons. The second-order valence-electron chi connectivity index (χ2n) is 11.8. The van der Waals surface area contributed by atoms with Crippen LogP contribution in [-0.4, -0.2) is 6.66 Å². The summed E-state index contributed by atoms with van der Waals surface area (Å²) in [5, 5.41) is 17.1. The van der Waals surface area contributed by atoms with Crippen molar-refractivity contribution in [2.75, 3.05) is 6.66 Å². The third-order valence-electron chi connectivity index (χ3n) is 9.37. The van der Waals surface area contributed by atoms with Crippen molar-refractivity contribution in [3.05, 3.63) is 146 Å². The Balaban J connectivity index is 1.39. The first-order valence-corrected chi connectivity index (χ1v) is 16.9. The molecule has 0 fully saturated rings. The number of rotatable bonds is 3. The van der Waals surface area contributed by atoms with Crippen molar-refractivity contribution in [2.45, 2.75) is 0 Å². The van der Waals surface area contributed by atoms with Gasteiger partial charge in [0.2, 0.25) is 0 Å². The van der Waals surface area contributed by atoms with Crippen LogP contribution < -0.4 is 10.6 Å². The Kier molecular flexibility index (Phi) is 5.16. The van der Waals surface area contributed by atoms with Gasteiger partial charge in [0.05, 0.1) is 0 Å². The molecule has 0 saturated carbocycles. The van der Waals surface area contributed by atoms with Crippen LogP contribution in [0.3, 0.4) is 0 Å². The van der Waals surface area contributed by atoms with Gasteiger partial charge in [0.25, 0.3) is 0 Å². The van der Waals surface area contributed by atoms with Gasteiger partial charge in [-0.3, -0.25) is 0 Å². The van der Waals surface area contributed by atoms with Crippen LogP contribution in [-0.2, 0) is 4.57 Å². The van der Waals surface area contributed by atoms with E-state index in [9.17, 15) is 4.57 Å². The van der Waals surface area contributed by atoms with Crippen LogP contribution in [0.1, 0.15) is 0 Å². The van der Waals surface area contributed by atoms with Crippen LogP contribution in [0.25, 0.3) is 75.8 Å². The van der Waals surface area contributed by atoms with E-state index in [1.807, 2.05) is 49.1 Å². The molecule has 9 aromatic carbocycles. The highest BCUT2D eigenvalue weighted by Crippen LogP contribution is 2.44. The summed E-state index contributed by atoms with van der Waals surface area (Å²) in [5.74, 6) is 0. The van der Waals surface area contributed by atoms with Crippen molar-refractivity contribution in [1.29, 1.82) is 0 Å². The van der Waals surface area contributed by atoms with E-state index in [0.29, 0.717) is 0 Å². The SMILES string of the molecule is CP(=O)(c1ccccc1)c1ccc(-c2cc3ccc4cccc5c6cccc7ccc8cccc(c(c2)c3c45)c8c76)cc1. The van der Waals surface area contributed by atoms with E-state index >= 15 is 0 Å². The van der Waals surface area contributed by atoms with Crippen molar-refractivity contribution in [2.24, 2.45) is 0 Å². The molecule has 0 aliphatic heterocycles. The van der Waals surface area contributed by atoms with Crippen molar-refractivity contribution in [3.63, 3.8) is 0 Å². The molecule has 0 N–H and O–H groups in total. The lowest BCUT2D eigenvalue weighted by molar-refractivity contribution is 0.590. The van der Waals surface area contributed by atoms with E-state index in [-0.39, 0.29) is 0 Å². The molecule has 9 aromatic rings. The molecule has 0 heterocycles. The Morgan fingerprint density at radius 3 is 1.40 bits per heavy atom. The van der Waals surface area contributed by atoms with E-state index in [2.05, 4.69) is 103 Å². The lowest BCUT2D eigenvalue weighted by Crippen LogP contribution is -2.14. The molecule has 1 nitrogen and oxygen atoms in total. The fourth-order valence-corrected chi connectivity index (χ4v) is 9.01. The molecule has 1 unspecified atom stereocenters. The molecule has 202 valence electrons. The van der Waals surface area contributed by atoms with E-state index in [1.165, 1.54) is 64.6 Å². The minimum absolute atomic E-state index is 0.876. The highest BCUT2D eigenvalue weighted by molar-refractivity contribution is 7.78. The molecule has 0 aliphatic carbocycles. The average Bonchev–Trinajstić information content (AvgIpc) is 3.06. The molecular weight excluding hydrogens is 539 g/mol. The maximum absolute atomic E-state index is 13.8. The molecule has 43 heavy (non-hydrogen) atoms. The standard InChI is InChI=1S/C41H27OP/c1-43(42,32-11-3-2-4-12-32)33-22-20-26(21-23-33)31-24-30-19-18-29-9-6-14-35-34-13-5-8-27-16-17-28-10-7-15-36(40(28)38(27)34)37(25-31)41(30)39(29)35/h2-25H,1H3. The van der Waals surface area contributed by atoms with E-state index in [1.54, 1.807) is 0 Å². The van der Waals surface area contributed by atoms with Gasteiger partial charge in [0.1, 0.15) is 7.14 Å². The second-order valence-corrected chi connectivity index (χ2v) is 14.7. The number of hydrogen-bond acceptors (Lipinski definition) is 1. The van der Waals surface area contributed by atoms with Gasteiger partial charge in [0.15, 0.2) is 0 Å². The topological polar surface area (TPSA) is 17.1 Å². The second kappa shape index (κ2) is 9.01. The van der Waals surface area contributed by atoms with Gasteiger partial charge in [-0.15, -0.1) is 0 Å². The van der Waals surface area contributed by atoms with Crippen LogP contribution in [0.4, 0.5) is 0 Å². The molecule has 9 rings (SSSR count). The van der Waals surface area contributed by atoms with Gasteiger partial charge in [-0.1, -0.05) is 133 Å². The van der Waals surface area contributed by atoms with Gasteiger partial charge >= 0.3 is 0 Å². The van der Waals surface area contributed by atoms with Crippen LogP contribution in [0, 0.1) is 0 Å². The highest BCUT2D eigenvalue weighted by atomic mass is 31.2. The summed E-state index contributed by atoms with van der Waals surface area (Å²) in [6.45, 7) is 1.87. The van der Waals surface area contributed by atoms with Gasteiger partial charge in [-0.05, 0) is 94.6 Å². The molecule has 0 saturated heterocycles.